The van der Waals surface area contributed by atoms with E-state index in [1.165, 1.54) is 16.5 Å². The van der Waals surface area contributed by atoms with E-state index < -0.39 is 11.7 Å². The van der Waals surface area contributed by atoms with Gasteiger partial charge in [0.2, 0.25) is 0 Å². The van der Waals surface area contributed by atoms with Crippen molar-refractivity contribution >= 4 is 17.8 Å². The summed E-state index contributed by atoms with van der Waals surface area (Å²) in [5.74, 6) is 1.12. The topological polar surface area (TPSA) is 52.8 Å². The number of ether oxygens (including phenoxy) is 2. The van der Waals surface area contributed by atoms with Crippen LogP contribution in [-0.2, 0) is 6.18 Å². The van der Waals surface area contributed by atoms with Crippen molar-refractivity contribution in [2.75, 3.05) is 13.7 Å². The fourth-order valence-corrected chi connectivity index (χ4v) is 3.68. The van der Waals surface area contributed by atoms with Gasteiger partial charge in [-0.15, -0.1) is 0 Å². The molecule has 0 N–H and O–H groups in total. The van der Waals surface area contributed by atoms with E-state index in [9.17, 15) is 18.0 Å². The van der Waals surface area contributed by atoms with Crippen LogP contribution in [0.2, 0.25) is 0 Å². The third-order valence-electron chi connectivity index (χ3n) is 5.36. The lowest BCUT2D eigenvalue weighted by molar-refractivity contribution is -0.137. The number of hydrogen-bond acceptors (Lipinski definition) is 4. The average molecular weight is 480 g/mol. The molecule has 0 aliphatic heterocycles. The van der Waals surface area contributed by atoms with Crippen LogP contribution in [0.25, 0.3) is 28.9 Å². The Labute approximate surface area is 200 Å². The number of benzene rings is 2. The molecule has 2 heterocycles. The molecule has 0 fully saturated rings. The number of halogens is 3. The third-order valence-corrected chi connectivity index (χ3v) is 5.36. The molecule has 35 heavy (non-hydrogen) atoms. The number of para-hydroxylation sites is 1. The fraction of sp³-hybridized carbons (Fsp3) is 0.185. The van der Waals surface area contributed by atoms with Gasteiger partial charge in [-0.25, -0.2) is 4.98 Å². The molecule has 8 heteroatoms. The SMILES string of the molecule is CCCOc1c(C=Cc2nc3ccccn3c(=O)c2-c2ccc(C(F)(F)F)cc2)cccc1OC. The van der Waals surface area contributed by atoms with Crippen LogP contribution >= 0.6 is 0 Å². The van der Waals surface area contributed by atoms with Crippen LogP contribution in [0.4, 0.5) is 13.2 Å². The minimum Gasteiger partial charge on any atom is -0.493 e. The quantitative estimate of drug-likeness (QED) is 0.309. The average Bonchev–Trinajstić information content (AvgIpc) is 2.86. The lowest BCUT2D eigenvalue weighted by Gasteiger charge is -2.13. The molecule has 5 nitrogen and oxygen atoms in total. The van der Waals surface area contributed by atoms with E-state index in [2.05, 4.69) is 4.98 Å². The summed E-state index contributed by atoms with van der Waals surface area (Å²) in [6, 6.07) is 15.1. The highest BCUT2D eigenvalue weighted by atomic mass is 19.4. The van der Waals surface area contributed by atoms with E-state index >= 15 is 0 Å². The fourth-order valence-electron chi connectivity index (χ4n) is 3.68. The van der Waals surface area contributed by atoms with E-state index in [4.69, 9.17) is 9.47 Å². The normalized spacial score (nSPS) is 11.8. The van der Waals surface area contributed by atoms with Crippen molar-refractivity contribution in [3.8, 4) is 22.6 Å². The van der Waals surface area contributed by atoms with Crippen LogP contribution in [0.15, 0.2) is 71.7 Å². The molecule has 2 aromatic carbocycles. The van der Waals surface area contributed by atoms with E-state index in [0.29, 0.717) is 40.6 Å². The molecule has 0 aliphatic carbocycles. The van der Waals surface area contributed by atoms with Gasteiger partial charge in [0.25, 0.3) is 5.56 Å². The summed E-state index contributed by atoms with van der Waals surface area (Å²) < 4.78 is 51.9. The molecule has 4 rings (SSSR count). The molecule has 0 saturated carbocycles. The van der Waals surface area contributed by atoms with Gasteiger partial charge in [0, 0.05) is 11.8 Å². The predicted molar refractivity (Wildman–Crippen MR) is 130 cm³/mol. The van der Waals surface area contributed by atoms with Gasteiger partial charge in [0.05, 0.1) is 30.5 Å². The van der Waals surface area contributed by atoms with Crippen molar-refractivity contribution in [1.82, 2.24) is 9.38 Å². The first-order chi connectivity index (χ1) is 16.8. The van der Waals surface area contributed by atoms with Gasteiger partial charge in [-0.2, -0.15) is 13.2 Å². The number of rotatable bonds is 7. The van der Waals surface area contributed by atoms with Gasteiger partial charge in [-0.1, -0.05) is 37.3 Å². The molecule has 0 unspecified atom stereocenters. The molecular weight excluding hydrogens is 457 g/mol. The van der Waals surface area contributed by atoms with Crippen LogP contribution in [-0.4, -0.2) is 23.1 Å². The van der Waals surface area contributed by atoms with Crippen molar-refractivity contribution in [3.05, 3.63) is 94.0 Å². The Hall–Kier alpha value is -4.07. The Morgan fingerprint density at radius 3 is 2.46 bits per heavy atom. The van der Waals surface area contributed by atoms with E-state index in [1.54, 1.807) is 49.7 Å². The number of aromatic nitrogens is 2. The van der Waals surface area contributed by atoms with Gasteiger partial charge in [-0.3, -0.25) is 9.20 Å². The minimum absolute atomic E-state index is 0.192. The zero-order valence-electron chi connectivity index (χ0n) is 19.2. The highest BCUT2D eigenvalue weighted by molar-refractivity contribution is 5.81. The van der Waals surface area contributed by atoms with Crippen molar-refractivity contribution in [1.29, 1.82) is 0 Å². The lowest BCUT2D eigenvalue weighted by Crippen LogP contribution is -2.18. The first kappa shape index (κ1) is 24.1. The molecule has 4 aromatic rings. The lowest BCUT2D eigenvalue weighted by atomic mass is 10.0. The number of alkyl halides is 3. The minimum atomic E-state index is -4.47. The molecule has 2 aromatic heterocycles. The molecule has 0 bridgehead atoms. The van der Waals surface area contributed by atoms with Gasteiger partial charge in [-0.05, 0) is 54.5 Å². The molecule has 0 saturated heterocycles. The number of fused-ring (bicyclic) bond motifs is 1. The van der Waals surface area contributed by atoms with E-state index in [0.717, 1.165) is 18.6 Å². The smallest absolute Gasteiger partial charge is 0.416 e. The van der Waals surface area contributed by atoms with Gasteiger partial charge >= 0.3 is 6.18 Å². The molecular formula is C27H23F3N2O3. The molecule has 0 atom stereocenters. The zero-order chi connectivity index (χ0) is 25.0. The van der Waals surface area contributed by atoms with E-state index in [-0.39, 0.29) is 11.1 Å². The van der Waals surface area contributed by atoms with Crippen LogP contribution < -0.4 is 15.0 Å². The first-order valence-electron chi connectivity index (χ1n) is 11.0. The van der Waals surface area contributed by atoms with Crippen molar-refractivity contribution in [2.45, 2.75) is 19.5 Å². The Kier molecular flexibility index (Phi) is 6.91. The standard InChI is InChI=1S/C27H23F3N2O3/c1-3-17-35-25-19(7-6-8-22(25)34-2)12-15-21-24(18-10-13-20(14-11-18)27(28,29)30)26(33)32-16-5-4-9-23(32)31-21/h4-16H,3,17H2,1-2H3. The Bertz CT molecular complexity index is 1420. The maximum atomic E-state index is 13.4. The second kappa shape index (κ2) is 10.0. The summed E-state index contributed by atoms with van der Waals surface area (Å²) in [4.78, 5) is 18.0. The second-order valence-electron chi connectivity index (χ2n) is 7.74. The van der Waals surface area contributed by atoms with Crippen LogP contribution in [0, 0.1) is 0 Å². The summed E-state index contributed by atoms with van der Waals surface area (Å²) in [5.41, 5.74) is 0.806. The van der Waals surface area contributed by atoms with Crippen LogP contribution in [0.3, 0.4) is 0 Å². The molecule has 0 aliphatic rings. The monoisotopic (exact) mass is 480 g/mol. The van der Waals surface area contributed by atoms with E-state index in [1.807, 2.05) is 19.1 Å². The number of hydrogen-bond donors (Lipinski definition) is 0. The summed E-state index contributed by atoms with van der Waals surface area (Å²) in [5, 5.41) is 0. The Morgan fingerprint density at radius 1 is 1.00 bits per heavy atom. The number of methoxy groups -OCH3 is 1. The molecule has 0 spiro atoms. The van der Waals surface area contributed by atoms with Crippen LogP contribution in [0.5, 0.6) is 11.5 Å². The molecule has 0 amide bonds. The Morgan fingerprint density at radius 2 is 1.77 bits per heavy atom. The van der Waals surface area contributed by atoms with Crippen molar-refractivity contribution in [2.24, 2.45) is 0 Å². The summed E-state index contributed by atoms with van der Waals surface area (Å²) >= 11 is 0. The van der Waals surface area contributed by atoms with Gasteiger partial charge in [0.15, 0.2) is 11.5 Å². The molecule has 180 valence electrons. The second-order valence-corrected chi connectivity index (χ2v) is 7.74. The van der Waals surface area contributed by atoms with Gasteiger partial charge < -0.3 is 9.47 Å². The van der Waals surface area contributed by atoms with Gasteiger partial charge in [0.1, 0.15) is 5.65 Å². The third kappa shape index (κ3) is 5.06. The van der Waals surface area contributed by atoms with Crippen molar-refractivity contribution in [3.63, 3.8) is 0 Å². The summed E-state index contributed by atoms with van der Waals surface area (Å²) in [7, 11) is 1.55. The summed E-state index contributed by atoms with van der Waals surface area (Å²) in [6.45, 7) is 2.49. The number of pyridine rings is 1. The predicted octanol–water partition coefficient (Wildman–Crippen LogP) is 6.35. The largest absolute Gasteiger partial charge is 0.493 e. The molecule has 0 radical (unpaired) electrons. The maximum Gasteiger partial charge on any atom is 0.416 e. The highest BCUT2D eigenvalue weighted by Gasteiger charge is 2.30. The zero-order valence-corrected chi connectivity index (χ0v) is 19.2. The van der Waals surface area contributed by atoms with Crippen molar-refractivity contribution < 1.29 is 22.6 Å². The number of nitrogens with zero attached hydrogens (tertiary/aromatic N) is 2. The Balaban J connectivity index is 1.87. The first-order valence-corrected chi connectivity index (χ1v) is 11.0. The maximum absolute atomic E-state index is 13.4. The summed E-state index contributed by atoms with van der Waals surface area (Å²) in [6.07, 6.45) is 1.32. The van der Waals surface area contributed by atoms with Crippen LogP contribution in [0.1, 0.15) is 30.2 Å². The highest BCUT2D eigenvalue weighted by Crippen LogP contribution is 2.34.